The Morgan fingerprint density at radius 1 is 1.53 bits per heavy atom. The molecule has 17 heavy (non-hydrogen) atoms. The monoisotopic (exact) mass is 234 g/mol. The number of ether oxygens (including phenoxy) is 1. The molecule has 0 aromatic heterocycles. The number of hydrogen-bond donors (Lipinski definition) is 1. The minimum absolute atomic E-state index is 0.0204. The van der Waals surface area contributed by atoms with Gasteiger partial charge in [-0.15, -0.1) is 0 Å². The van der Waals surface area contributed by atoms with Gasteiger partial charge in [-0.1, -0.05) is 6.07 Å². The molecule has 2 amide bonds. The van der Waals surface area contributed by atoms with Gasteiger partial charge in [-0.3, -0.25) is 14.5 Å². The third-order valence-corrected chi connectivity index (χ3v) is 2.64. The molecule has 0 unspecified atom stereocenters. The summed E-state index contributed by atoms with van der Waals surface area (Å²) >= 11 is 0. The number of carbonyl (C=O) groups is 2. The summed E-state index contributed by atoms with van der Waals surface area (Å²) in [6.45, 7) is 1.95. The van der Waals surface area contributed by atoms with Crippen LogP contribution in [-0.2, 0) is 9.59 Å². The van der Waals surface area contributed by atoms with Gasteiger partial charge in [0.05, 0.1) is 5.69 Å². The first-order valence-corrected chi connectivity index (χ1v) is 5.36. The normalized spacial score (nSPS) is 14.0. The Balaban J connectivity index is 2.33. The van der Waals surface area contributed by atoms with Crippen LogP contribution in [0.4, 0.5) is 5.69 Å². The highest BCUT2D eigenvalue weighted by molar-refractivity contribution is 6.02. The van der Waals surface area contributed by atoms with Crippen LogP contribution in [0.5, 0.6) is 5.75 Å². The average molecular weight is 234 g/mol. The number of benzene rings is 1. The first-order valence-electron chi connectivity index (χ1n) is 5.36. The molecule has 0 bridgehead atoms. The molecule has 0 aliphatic carbocycles. The van der Waals surface area contributed by atoms with Gasteiger partial charge in [0.1, 0.15) is 12.3 Å². The van der Waals surface area contributed by atoms with Crippen molar-refractivity contribution in [3.8, 4) is 5.75 Å². The van der Waals surface area contributed by atoms with Crippen molar-refractivity contribution in [3.05, 3.63) is 23.8 Å². The van der Waals surface area contributed by atoms with Gasteiger partial charge in [0.25, 0.3) is 5.91 Å². The summed E-state index contributed by atoms with van der Waals surface area (Å²) in [4.78, 5) is 24.5. The largest absolute Gasteiger partial charge is 0.482 e. The maximum atomic E-state index is 11.7. The van der Waals surface area contributed by atoms with E-state index in [9.17, 15) is 9.59 Å². The zero-order chi connectivity index (χ0) is 12.4. The number of nitrogens with zero attached hydrogens (tertiary/aromatic N) is 1. The second-order valence-electron chi connectivity index (χ2n) is 3.91. The number of likely N-dealkylation sites (N-methyl/N-ethyl adjacent to an activating group) is 1. The minimum atomic E-state index is -0.204. The molecule has 1 heterocycles. The molecule has 0 saturated heterocycles. The number of nitrogens with one attached hydrogen (secondary N) is 1. The average Bonchev–Trinajstić information content (AvgIpc) is 2.32. The predicted octanol–water partition coefficient (Wildman–Crippen LogP) is 0.466. The van der Waals surface area contributed by atoms with Crippen LogP contribution >= 0.6 is 0 Å². The van der Waals surface area contributed by atoms with Crippen molar-refractivity contribution in [1.29, 1.82) is 0 Å². The molecule has 1 aliphatic heterocycles. The molecule has 0 atom stereocenters. The predicted molar refractivity (Wildman–Crippen MR) is 63.1 cm³/mol. The van der Waals surface area contributed by atoms with E-state index >= 15 is 0 Å². The molecular weight excluding hydrogens is 220 g/mol. The van der Waals surface area contributed by atoms with E-state index in [4.69, 9.17) is 4.74 Å². The first-order chi connectivity index (χ1) is 8.11. The summed E-state index contributed by atoms with van der Waals surface area (Å²) < 4.78 is 5.34. The van der Waals surface area contributed by atoms with Crippen molar-refractivity contribution in [2.45, 2.75) is 6.92 Å². The molecule has 0 saturated carbocycles. The van der Waals surface area contributed by atoms with Crippen molar-refractivity contribution in [2.75, 3.05) is 25.1 Å². The van der Waals surface area contributed by atoms with Gasteiger partial charge in [-0.2, -0.15) is 0 Å². The van der Waals surface area contributed by atoms with E-state index in [1.165, 1.54) is 4.90 Å². The molecule has 0 spiro atoms. The van der Waals surface area contributed by atoms with Crippen LogP contribution in [0.1, 0.15) is 5.56 Å². The number of fused-ring (bicyclic) bond motifs is 1. The van der Waals surface area contributed by atoms with E-state index in [2.05, 4.69) is 5.32 Å². The number of carbonyl (C=O) groups excluding carboxylic acids is 2. The molecular formula is C12H14N2O3. The lowest BCUT2D eigenvalue weighted by atomic mass is 10.1. The van der Waals surface area contributed by atoms with E-state index in [0.717, 1.165) is 5.56 Å². The lowest BCUT2D eigenvalue weighted by Gasteiger charge is -2.28. The Morgan fingerprint density at radius 3 is 3.00 bits per heavy atom. The molecule has 90 valence electrons. The summed E-state index contributed by atoms with van der Waals surface area (Å²) in [5, 5.41) is 2.50. The smallest absolute Gasteiger partial charge is 0.265 e. The van der Waals surface area contributed by atoms with E-state index < -0.39 is 0 Å². The molecule has 0 fully saturated rings. The van der Waals surface area contributed by atoms with Crippen molar-refractivity contribution in [1.82, 2.24) is 5.32 Å². The molecule has 1 aromatic carbocycles. The zero-order valence-corrected chi connectivity index (χ0v) is 9.82. The van der Waals surface area contributed by atoms with Gasteiger partial charge in [0.2, 0.25) is 5.91 Å². The minimum Gasteiger partial charge on any atom is -0.482 e. The Labute approximate surface area is 99.4 Å². The second-order valence-corrected chi connectivity index (χ2v) is 3.91. The van der Waals surface area contributed by atoms with E-state index in [0.29, 0.717) is 11.4 Å². The van der Waals surface area contributed by atoms with Crippen molar-refractivity contribution >= 4 is 17.5 Å². The molecule has 5 heteroatoms. The number of aryl methyl sites for hydroxylation is 1. The Morgan fingerprint density at radius 2 is 2.29 bits per heavy atom. The summed E-state index contributed by atoms with van der Waals surface area (Å²) in [5.74, 6) is 0.241. The quantitative estimate of drug-likeness (QED) is 0.809. The van der Waals surface area contributed by atoms with Gasteiger partial charge in [0.15, 0.2) is 6.61 Å². The fourth-order valence-corrected chi connectivity index (χ4v) is 1.71. The van der Waals surface area contributed by atoms with Crippen molar-refractivity contribution in [2.24, 2.45) is 0 Å². The number of anilines is 1. The van der Waals surface area contributed by atoms with E-state index in [-0.39, 0.29) is 25.0 Å². The summed E-state index contributed by atoms with van der Waals surface area (Å²) in [6, 6.07) is 5.54. The van der Waals surface area contributed by atoms with Gasteiger partial charge in [-0.25, -0.2) is 0 Å². The van der Waals surface area contributed by atoms with Gasteiger partial charge in [-0.05, 0) is 24.6 Å². The second kappa shape index (κ2) is 4.45. The van der Waals surface area contributed by atoms with Gasteiger partial charge in [0, 0.05) is 7.05 Å². The zero-order valence-electron chi connectivity index (χ0n) is 9.82. The summed E-state index contributed by atoms with van der Waals surface area (Å²) in [5.41, 5.74) is 1.70. The Kier molecular flexibility index (Phi) is 2.99. The molecule has 0 radical (unpaired) electrons. The molecule has 1 N–H and O–H groups in total. The first kappa shape index (κ1) is 11.4. The van der Waals surface area contributed by atoms with Crippen LogP contribution in [0.2, 0.25) is 0 Å². The number of rotatable bonds is 2. The number of hydrogen-bond acceptors (Lipinski definition) is 3. The van der Waals surface area contributed by atoms with Crippen LogP contribution in [-0.4, -0.2) is 32.0 Å². The van der Waals surface area contributed by atoms with Crippen LogP contribution < -0.4 is 15.0 Å². The van der Waals surface area contributed by atoms with Crippen molar-refractivity contribution in [3.63, 3.8) is 0 Å². The van der Waals surface area contributed by atoms with Crippen molar-refractivity contribution < 1.29 is 14.3 Å². The topological polar surface area (TPSA) is 58.6 Å². The lowest BCUT2D eigenvalue weighted by Crippen LogP contribution is -2.44. The fourth-order valence-electron chi connectivity index (χ4n) is 1.71. The van der Waals surface area contributed by atoms with Gasteiger partial charge < -0.3 is 10.1 Å². The highest BCUT2D eigenvalue weighted by Crippen LogP contribution is 2.32. The van der Waals surface area contributed by atoms with Crippen LogP contribution in [0, 0.1) is 6.92 Å². The molecule has 5 nitrogen and oxygen atoms in total. The highest BCUT2D eigenvalue weighted by Gasteiger charge is 2.26. The third-order valence-electron chi connectivity index (χ3n) is 2.64. The molecule has 1 aromatic rings. The van der Waals surface area contributed by atoms with Crippen LogP contribution in [0.25, 0.3) is 0 Å². The molecule has 2 rings (SSSR count). The maximum Gasteiger partial charge on any atom is 0.265 e. The van der Waals surface area contributed by atoms with Crippen LogP contribution in [0.15, 0.2) is 18.2 Å². The lowest BCUT2D eigenvalue weighted by molar-refractivity contribution is -0.125. The fraction of sp³-hybridized carbons (Fsp3) is 0.333. The highest BCUT2D eigenvalue weighted by atomic mass is 16.5. The Bertz CT molecular complexity index is 471. The van der Waals surface area contributed by atoms with E-state index in [1.54, 1.807) is 13.1 Å². The van der Waals surface area contributed by atoms with E-state index in [1.807, 2.05) is 19.1 Å². The Hall–Kier alpha value is -2.04. The maximum absolute atomic E-state index is 11.7. The SMILES string of the molecule is CNC(=O)CN1C(=O)COc2cc(C)ccc21. The standard InChI is InChI=1S/C12H14N2O3/c1-8-3-4-9-10(5-8)17-7-12(16)14(9)6-11(15)13-2/h3-5H,6-7H2,1-2H3,(H,13,15). The number of amides is 2. The summed E-state index contributed by atoms with van der Waals surface area (Å²) in [7, 11) is 1.54. The third kappa shape index (κ3) is 2.22. The molecule has 1 aliphatic rings. The van der Waals surface area contributed by atoms with Gasteiger partial charge >= 0.3 is 0 Å². The van der Waals surface area contributed by atoms with Crippen LogP contribution in [0.3, 0.4) is 0 Å². The summed E-state index contributed by atoms with van der Waals surface area (Å²) in [6.07, 6.45) is 0.